The van der Waals surface area contributed by atoms with E-state index in [1.165, 1.54) is 0 Å². The van der Waals surface area contributed by atoms with Crippen molar-refractivity contribution in [1.29, 1.82) is 0 Å². The van der Waals surface area contributed by atoms with Crippen LogP contribution < -0.4 is 0 Å². The Kier molecular flexibility index (Phi) is 2.65. The third-order valence-electron chi connectivity index (χ3n) is 4.11. The molecule has 2 fully saturated rings. The average molecular weight is 272 g/mol. The van der Waals surface area contributed by atoms with Crippen LogP contribution in [0.5, 0.6) is 0 Å². The summed E-state index contributed by atoms with van der Waals surface area (Å²) in [7, 11) is 0. The molecule has 104 valence electrons. The van der Waals surface area contributed by atoms with Crippen molar-refractivity contribution in [1.82, 2.24) is 10.1 Å². The van der Waals surface area contributed by atoms with Crippen molar-refractivity contribution < 1.29 is 13.7 Å². The highest BCUT2D eigenvalue weighted by atomic mass is 16.5. The first-order valence-corrected chi connectivity index (χ1v) is 7.14. The molecule has 1 saturated carbocycles. The van der Waals surface area contributed by atoms with Crippen molar-refractivity contribution in [3.05, 3.63) is 41.7 Å². The third-order valence-corrected chi connectivity index (χ3v) is 4.11. The quantitative estimate of drug-likeness (QED) is 0.861. The van der Waals surface area contributed by atoms with E-state index in [1.807, 2.05) is 17.0 Å². The second-order valence-electron chi connectivity index (χ2n) is 5.56. The minimum Gasteiger partial charge on any atom is -0.467 e. The number of rotatable bonds is 3. The molecule has 0 bridgehead atoms. The van der Waals surface area contributed by atoms with E-state index >= 15 is 0 Å². The number of amides is 1. The molecule has 2 aromatic rings. The maximum atomic E-state index is 12.6. The molecule has 4 rings (SSSR count). The average Bonchev–Trinajstić information content (AvgIpc) is 2.96. The van der Waals surface area contributed by atoms with Gasteiger partial charge in [-0.05, 0) is 37.8 Å². The fraction of sp³-hybridized carbons (Fsp3) is 0.467. The van der Waals surface area contributed by atoms with E-state index in [-0.39, 0.29) is 11.9 Å². The van der Waals surface area contributed by atoms with Gasteiger partial charge in [-0.3, -0.25) is 4.79 Å². The maximum absolute atomic E-state index is 12.6. The number of likely N-dealkylation sites (tertiary alicyclic amines) is 1. The molecule has 0 radical (unpaired) electrons. The van der Waals surface area contributed by atoms with E-state index in [0.29, 0.717) is 11.6 Å². The largest absolute Gasteiger partial charge is 0.467 e. The summed E-state index contributed by atoms with van der Waals surface area (Å²) in [5, 5.41) is 3.94. The van der Waals surface area contributed by atoms with Crippen molar-refractivity contribution in [3.8, 4) is 0 Å². The molecule has 2 aliphatic rings. The number of furan rings is 1. The number of hydrogen-bond donors (Lipinski definition) is 0. The maximum Gasteiger partial charge on any atom is 0.276 e. The monoisotopic (exact) mass is 272 g/mol. The van der Waals surface area contributed by atoms with Gasteiger partial charge in [-0.1, -0.05) is 5.16 Å². The lowest BCUT2D eigenvalue weighted by Crippen LogP contribution is -2.30. The van der Waals surface area contributed by atoms with Crippen LogP contribution in [-0.4, -0.2) is 22.5 Å². The molecule has 1 aliphatic carbocycles. The van der Waals surface area contributed by atoms with Gasteiger partial charge in [0.15, 0.2) is 5.69 Å². The predicted octanol–water partition coefficient (Wildman–Crippen LogP) is 3.12. The fourth-order valence-corrected chi connectivity index (χ4v) is 2.88. The standard InChI is InChI=1S/C15H16N2O3/c18-15(11-9-14(20-16-11)10-5-6-10)17-7-1-3-12(17)13-4-2-8-19-13/h2,4,8-10,12H,1,3,5-7H2/t12-/m0/s1. The van der Waals surface area contributed by atoms with Crippen LogP contribution in [0.2, 0.25) is 0 Å². The number of hydrogen-bond acceptors (Lipinski definition) is 4. The van der Waals surface area contributed by atoms with Gasteiger partial charge in [0, 0.05) is 18.5 Å². The summed E-state index contributed by atoms with van der Waals surface area (Å²) in [5.41, 5.74) is 0.422. The van der Waals surface area contributed by atoms with Gasteiger partial charge >= 0.3 is 0 Å². The summed E-state index contributed by atoms with van der Waals surface area (Å²) in [6, 6.07) is 5.61. The van der Waals surface area contributed by atoms with Crippen LogP contribution in [-0.2, 0) is 0 Å². The highest BCUT2D eigenvalue weighted by molar-refractivity contribution is 5.92. The van der Waals surface area contributed by atoms with Crippen molar-refractivity contribution >= 4 is 5.91 Å². The van der Waals surface area contributed by atoms with Crippen LogP contribution in [0.4, 0.5) is 0 Å². The van der Waals surface area contributed by atoms with Gasteiger partial charge in [-0.15, -0.1) is 0 Å². The lowest BCUT2D eigenvalue weighted by Gasteiger charge is -2.21. The topological polar surface area (TPSA) is 59.5 Å². The number of aromatic nitrogens is 1. The molecule has 0 unspecified atom stereocenters. The molecule has 0 aromatic carbocycles. The Balaban J connectivity index is 1.57. The van der Waals surface area contributed by atoms with Crippen LogP contribution in [0.1, 0.15) is 59.7 Å². The van der Waals surface area contributed by atoms with Gasteiger partial charge in [0.05, 0.1) is 12.3 Å². The summed E-state index contributed by atoms with van der Waals surface area (Å²) in [5.74, 6) is 2.12. The molecule has 0 spiro atoms. The zero-order chi connectivity index (χ0) is 13.5. The Morgan fingerprint density at radius 1 is 1.30 bits per heavy atom. The van der Waals surface area contributed by atoms with E-state index in [4.69, 9.17) is 8.94 Å². The van der Waals surface area contributed by atoms with Crippen LogP contribution in [0, 0.1) is 0 Å². The van der Waals surface area contributed by atoms with Crippen LogP contribution >= 0.6 is 0 Å². The van der Waals surface area contributed by atoms with E-state index in [0.717, 1.165) is 43.7 Å². The number of nitrogens with zero attached hydrogens (tertiary/aromatic N) is 2. The summed E-state index contributed by atoms with van der Waals surface area (Å²) in [6.45, 7) is 0.746. The predicted molar refractivity (Wildman–Crippen MR) is 70.2 cm³/mol. The van der Waals surface area contributed by atoms with Gasteiger partial charge < -0.3 is 13.8 Å². The molecule has 1 amide bonds. The van der Waals surface area contributed by atoms with Crippen molar-refractivity contribution in [2.24, 2.45) is 0 Å². The van der Waals surface area contributed by atoms with Gasteiger partial charge in [-0.2, -0.15) is 0 Å². The van der Waals surface area contributed by atoms with Gasteiger partial charge in [-0.25, -0.2) is 0 Å². The Hall–Kier alpha value is -2.04. The lowest BCUT2D eigenvalue weighted by molar-refractivity contribution is 0.0709. The molecule has 3 heterocycles. The Bertz CT molecular complexity index is 613. The first kappa shape index (κ1) is 11.8. The van der Waals surface area contributed by atoms with Crippen LogP contribution in [0.15, 0.2) is 33.4 Å². The van der Waals surface area contributed by atoms with Crippen molar-refractivity contribution in [3.63, 3.8) is 0 Å². The molecule has 5 nitrogen and oxygen atoms in total. The molecule has 2 aromatic heterocycles. The van der Waals surface area contributed by atoms with E-state index in [2.05, 4.69) is 5.16 Å². The number of carbonyl (C=O) groups excluding carboxylic acids is 1. The minimum atomic E-state index is -0.0560. The molecule has 1 atom stereocenters. The minimum absolute atomic E-state index is 0.0265. The van der Waals surface area contributed by atoms with Crippen LogP contribution in [0.3, 0.4) is 0 Å². The summed E-state index contributed by atoms with van der Waals surface area (Å²) in [4.78, 5) is 14.4. The second-order valence-corrected chi connectivity index (χ2v) is 5.56. The van der Waals surface area contributed by atoms with Crippen molar-refractivity contribution in [2.45, 2.75) is 37.6 Å². The number of carbonyl (C=O) groups is 1. The summed E-state index contributed by atoms with van der Waals surface area (Å²) in [6.07, 6.45) is 5.86. The molecular formula is C15H16N2O3. The molecular weight excluding hydrogens is 256 g/mol. The summed E-state index contributed by atoms with van der Waals surface area (Å²) < 4.78 is 10.7. The second kappa shape index (κ2) is 4.51. The van der Waals surface area contributed by atoms with E-state index < -0.39 is 0 Å². The lowest BCUT2D eigenvalue weighted by atomic mass is 10.1. The van der Waals surface area contributed by atoms with Gasteiger partial charge in [0.25, 0.3) is 5.91 Å². The molecule has 0 N–H and O–H groups in total. The zero-order valence-electron chi connectivity index (χ0n) is 11.1. The van der Waals surface area contributed by atoms with Gasteiger partial charge in [0.2, 0.25) is 0 Å². The van der Waals surface area contributed by atoms with Crippen LogP contribution in [0.25, 0.3) is 0 Å². The Labute approximate surface area is 116 Å². The highest BCUT2D eigenvalue weighted by Gasteiger charge is 2.35. The van der Waals surface area contributed by atoms with Crippen molar-refractivity contribution in [2.75, 3.05) is 6.54 Å². The smallest absolute Gasteiger partial charge is 0.276 e. The van der Waals surface area contributed by atoms with Gasteiger partial charge in [0.1, 0.15) is 11.5 Å². The molecule has 5 heteroatoms. The SMILES string of the molecule is O=C(c1cc(C2CC2)on1)N1CCC[C@H]1c1ccco1. The normalized spacial score (nSPS) is 22.4. The summed E-state index contributed by atoms with van der Waals surface area (Å²) >= 11 is 0. The zero-order valence-corrected chi connectivity index (χ0v) is 11.1. The Morgan fingerprint density at radius 2 is 2.20 bits per heavy atom. The third kappa shape index (κ3) is 1.94. The molecule has 20 heavy (non-hydrogen) atoms. The van der Waals surface area contributed by atoms with E-state index in [9.17, 15) is 4.79 Å². The first-order chi connectivity index (χ1) is 9.83. The fourth-order valence-electron chi connectivity index (χ4n) is 2.88. The Morgan fingerprint density at radius 3 is 2.95 bits per heavy atom. The van der Waals surface area contributed by atoms with E-state index in [1.54, 1.807) is 12.3 Å². The first-order valence-electron chi connectivity index (χ1n) is 7.14. The highest BCUT2D eigenvalue weighted by Crippen LogP contribution is 2.40. The molecule has 1 saturated heterocycles. The molecule has 1 aliphatic heterocycles.